The highest BCUT2D eigenvalue weighted by atomic mass is 16.2. The van der Waals surface area contributed by atoms with Crippen molar-refractivity contribution in [3.63, 3.8) is 0 Å². The van der Waals surface area contributed by atoms with E-state index >= 15 is 0 Å². The zero-order chi connectivity index (χ0) is 12.1. The number of carbonyl (C=O) groups excluding carboxylic acids is 2. The molecule has 5 nitrogen and oxygen atoms in total. The van der Waals surface area contributed by atoms with Gasteiger partial charge in [-0.15, -0.1) is 0 Å². The minimum atomic E-state index is -0.220. The van der Waals surface area contributed by atoms with Gasteiger partial charge in [-0.1, -0.05) is 0 Å². The fourth-order valence-electron chi connectivity index (χ4n) is 1.32. The summed E-state index contributed by atoms with van der Waals surface area (Å²) in [7, 11) is 4.83. The highest BCUT2D eigenvalue weighted by molar-refractivity contribution is 6.00. The van der Waals surface area contributed by atoms with Crippen LogP contribution in [0.3, 0.4) is 0 Å². The van der Waals surface area contributed by atoms with E-state index in [2.05, 4.69) is 16.0 Å². The molecule has 86 valence electrons. The van der Waals surface area contributed by atoms with Gasteiger partial charge in [-0.25, -0.2) is 0 Å². The van der Waals surface area contributed by atoms with E-state index in [1.807, 2.05) is 0 Å². The van der Waals surface area contributed by atoms with E-state index in [9.17, 15) is 9.59 Å². The Morgan fingerprint density at radius 3 is 1.62 bits per heavy atom. The molecule has 0 radical (unpaired) electrons. The summed E-state index contributed by atoms with van der Waals surface area (Å²) < 4.78 is 0. The first-order valence-electron chi connectivity index (χ1n) is 4.89. The summed E-state index contributed by atoms with van der Waals surface area (Å²) in [4.78, 5) is 22.9. The molecule has 1 aromatic carbocycles. The van der Waals surface area contributed by atoms with Gasteiger partial charge in [-0.2, -0.15) is 0 Å². The summed E-state index contributed by atoms with van der Waals surface area (Å²) in [6, 6.07) is 4.93. The number of amides is 2. The van der Waals surface area contributed by atoms with Crippen LogP contribution in [-0.2, 0) is 0 Å². The first-order valence-corrected chi connectivity index (χ1v) is 4.89. The monoisotopic (exact) mass is 221 g/mol. The summed E-state index contributed by atoms with van der Waals surface area (Å²) in [5, 5.41) is 7.94. The molecule has 0 unspecified atom stereocenters. The van der Waals surface area contributed by atoms with E-state index in [1.54, 1.807) is 39.3 Å². The Labute approximate surface area is 94.2 Å². The minimum absolute atomic E-state index is 0.220. The number of hydrogen-bond donors (Lipinski definition) is 3. The van der Waals surface area contributed by atoms with Crippen molar-refractivity contribution in [2.24, 2.45) is 0 Å². The third-order valence-corrected chi connectivity index (χ3v) is 2.20. The Bertz CT molecular complexity index is 381. The second-order valence-electron chi connectivity index (χ2n) is 3.21. The third-order valence-electron chi connectivity index (χ3n) is 2.20. The zero-order valence-corrected chi connectivity index (χ0v) is 9.55. The molecule has 0 aliphatic rings. The van der Waals surface area contributed by atoms with Crippen LogP contribution in [0.25, 0.3) is 0 Å². The Morgan fingerprint density at radius 1 is 0.875 bits per heavy atom. The molecule has 0 fully saturated rings. The highest BCUT2D eigenvalue weighted by Gasteiger charge is 2.10. The van der Waals surface area contributed by atoms with Crippen molar-refractivity contribution in [2.75, 3.05) is 26.5 Å². The van der Waals surface area contributed by atoms with Crippen LogP contribution in [0.15, 0.2) is 18.2 Å². The van der Waals surface area contributed by atoms with E-state index in [4.69, 9.17) is 0 Å². The molecule has 0 bridgehead atoms. The van der Waals surface area contributed by atoms with E-state index in [-0.39, 0.29) is 11.8 Å². The molecule has 0 aliphatic carbocycles. The predicted octanol–water partition coefficient (Wildman–Crippen LogP) is 0.447. The first kappa shape index (κ1) is 12.0. The van der Waals surface area contributed by atoms with Gasteiger partial charge in [0.1, 0.15) is 0 Å². The van der Waals surface area contributed by atoms with Crippen molar-refractivity contribution in [1.82, 2.24) is 10.6 Å². The van der Waals surface area contributed by atoms with Crippen LogP contribution in [0.5, 0.6) is 0 Å². The minimum Gasteiger partial charge on any atom is -0.388 e. The molecule has 0 aromatic heterocycles. The van der Waals surface area contributed by atoms with Crippen molar-refractivity contribution in [3.05, 3.63) is 29.3 Å². The SMILES string of the molecule is CNC(=O)c1cc(NC)cc(C(=O)NC)c1. The molecule has 16 heavy (non-hydrogen) atoms. The lowest BCUT2D eigenvalue weighted by Crippen LogP contribution is -2.21. The van der Waals surface area contributed by atoms with Crippen molar-refractivity contribution >= 4 is 17.5 Å². The standard InChI is InChI=1S/C11H15N3O2/c1-12-9-5-7(10(15)13-2)4-8(6-9)11(16)14-3/h4-6,12H,1-3H3,(H,13,15)(H,14,16). The normalized spacial score (nSPS) is 9.44. The van der Waals surface area contributed by atoms with Gasteiger partial charge < -0.3 is 16.0 Å². The van der Waals surface area contributed by atoms with E-state index < -0.39 is 0 Å². The smallest absolute Gasteiger partial charge is 0.251 e. The van der Waals surface area contributed by atoms with Gasteiger partial charge in [-0.05, 0) is 18.2 Å². The first-order chi connectivity index (χ1) is 7.62. The third kappa shape index (κ3) is 2.50. The Balaban J connectivity index is 3.20. The molecule has 3 N–H and O–H groups in total. The summed E-state index contributed by atoms with van der Waals surface area (Å²) in [5.41, 5.74) is 1.63. The van der Waals surface area contributed by atoms with Crippen LogP contribution in [-0.4, -0.2) is 33.0 Å². The Morgan fingerprint density at radius 2 is 1.31 bits per heavy atom. The predicted molar refractivity (Wildman–Crippen MR) is 62.8 cm³/mol. The fraction of sp³-hybridized carbons (Fsp3) is 0.273. The topological polar surface area (TPSA) is 70.2 Å². The number of anilines is 1. The van der Waals surface area contributed by atoms with Crippen LogP contribution in [0.1, 0.15) is 20.7 Å². The summed E-state index contributed by atoms with van der Waals surface area (Å²) >= 11 is 0. The van der Waals surface area contributed by atoms with Gasteiger partial charge in [0, 0.05) is 38.0 Å². The second kappa shape index (κ2) is 5.16. The zero-order valence-electron chi connectivity index (χ0n) is 9.55. The molecule has 0 saturated heterocycles. The Kier molecular flexibility index (Phi) is 3.88. The molecular weight excluding hydrogens is 206 g/mol. The molecular formula is C11H15N3O2. The lowest BCUT2D eigenvalue weighted by molar-refractivity contribution is 0.0962. The molecule has 0 saturated carbocycles. The molecule has 0 aliphatic heterocycles. The number of nitrogens with one attached hydrogen (secondary N) is 3. The summed E-state index contributed by atoms with van der Waals surface area (Å²) in [6.07, 6.45) is 0. The lowest BCUT2D eigenvalue weighted by Gasteiger charge is -2.07. The highest BCUT2D eigenvalue weighted by Crippen LogP contribution is 2.14. The maximum Gasteiger partial charge on any atom is 0.251 e. The van der Waals surface area contributed by atoms with Crippen molar-refractivity contribution in [2.45, 2.75) is 0 Å². The lowest BCUT2D eigenvalue weighted by atomic mass is 10.1. The van der Waals surface area contributed by atoms with Gasteiger partial charge >= 0.3 is 0 Å². The molecule has 0 atom stereocenters. The Hall–Kier alpha value is -2.04. The number of hydrogen-bond acceptors (Lipinski definition) is 3. The average molecular weight is 221 g/mol. The maximum atomic E-state index is 11.5. The van der Waals surface area contributed by atoms with Crippen molar-refractivity contribution in [3.8, 4) is 0 Å². The molecule has 0 spiro atoms. The number of rotatable bonds is 3. The number of benzene rings is 1. The van der Waals surface area contributed by atoms with E-state index in [0.29, 0.717) is 11.1 Å². The molecule has 0 heterocycles. The van der Waals surface area contributed by atoms with Gasteiger partial charge in [0.2, 0.25) is 0 Å². The molecule has 1 rings (SSSR count). The van der Waals surface area contributed by atoms with Gasteiger partial charge in [0.05, 0.1) is 0 Å². The maximum absolute atomic E-state index is 11.5. The van der Waals surface area contributed by atoms with Gasteiger partial charge in [-0.3, -0.25) is 9.59 Å². The van der Waals surface area contributed by atoms with Gasteiger partial charge in [0.25, 0.3) is 11.8 Å². The largest absolute Gasteiger partial charge is 0.388 e. The van der Waals surface area contributed by atoms with Crippen LogP contribution in [0.2, 0.25) is 0 Å². The van der Waals surface area contributed by atoms with Crippen molar-refractivity contribution in [1.29, 1.82) is 0 Å². The molecule has 2 amide bonds. The van der Waals surface area contributed by atoms with E-state index in [0.717, 1.165) is 5.69 Å². The molecule has 5 heteroatoms. The summed E-state index contributed by atoms with van der Waals surface area (Å²) in [5.74, 6) is -0.440. The van der Waals surface area contributed by atoms with Crippen LogP contribution in [0, 0.1) is 0 Å². The number of carbonyl (C=O) groups is 2. The van der Waals surface area contributed by atoms with Gasteiger partial charge in [0.15, 0.2) is 0 Å². The average Bonchev–Trinajstić information content (AvgIpc) is 2.35. The fourth-order valence-corrected chi connectivity index (χ4v) is 1.32. The van der Waals surface area contributed by atoms with Crippen LogP contribution < -0.4 is 16.0 Å². The molecule has 1 aromatic rings. The van der Waals surface area contributed by atoms with Crippen LogP contribution >= 0.6 is 0 Å². The van der Waals surface area contributed by atoms with E-state index in [1.165, 1.54) is 0 Å². The summed E-state index contributed by atoms with van der Waals surface area (Å²) in [6.45, 7) is 0. The van der Waals surface area contributed by atoms with Crippen LogP contribution in [0.4, 0.5) is 5.69 Å². The quantitative estimate of drug-likeness (QED) is 0.694. The van der Waals surface area contributed by atoms with Crippen molar-refractivity contribution < 1.29 is 9.59 Å². The second-order valence-corrected chi connectivity index (χ2v) is 3.21.